The van der Waals surface area contributed by atoms with Crippen molar-refractivity contribution in [1.29, 1.82) is 0 Å². The molecule has 2 N–H and O–H groups in total. The molecule has 1 aliphatic rings. The fourth-order valence-electron chi connectivity index (χ4n) is 2.95. The minimum absolute atomic E-state index is 0.235. The number of hydrogen-bond acceptors (Lipinski definition) is 6. The van der Waals surface area contributed by atoms with E-state index in [-0.39, 0.29) is 11.6 Å². The molecule has 0 saturated carbocycles. The highest BCUT2D eigenvalue weighted by atomic mass is 16.5. The predicted octanol–water partition coefficient (Wildman–Crippen LogP) is 1.81. The van der Waals surface area contributed by atoms with Gasteiger partial charge < -0.3 is 19.7 Å². The van der Waals surface area contributed by atoms with Crippen molar-refractivity contribution in [3.63, 3.8) is 0 Å². The minimum Gasteiger partial charge on any atom is -0.490 e. The number of nitrogens with zero attached hydrogens (tertiary/aromatic N) is 2. The summed E-state index contributed by atoms with van der Waals surface area (Å²) < 4.78 is 10.7. The Labute approximate surface area is 185 Å². The van der Waals surface area contributed by atoms with Crippen LogP contribution in [-0.4, -0.2) is 61.7 Å². The van der Waals surface area contributed by atoms with Gasteiger partial charge in [-0.15, -0.1) is 0 Å². The number of morpholine rings is 1. The number of benzene rings is 2. The topological polar surface area (TPSA) is 109 Å². The van der Waals surface area contributed by atoms with Gasteiger partial charge in [0.2, 0.25) is 0 Å². The maximum Gasteiger partial charge on any atom is 0.329 e. The average molecular weight is 436 g/mol. The summed E-state index contributed by atoms with van der Waals surface area (Å²) in [6, 6.07) is 13.6. The van der Waals surface area contributed by atoms with E-state index < -0.39 is 11.8 Å². The molecule has 9 heteroatoms. The maximum atomic E-state index is 12.8. The van der Waals surface area contributed by atoms with Crippen LogP contribution in [0.3, 0.4) is 0 Å². The van der Waals surface area contributed by atoms with Gasteiger partial charge in [-0.25, -0.2) is 5.43 Å². The van der Waals surface area contributed by atoms with Gasteiger partial charge in [0, 0.05) is 13.1 Å². The minimum atomic E-state index is -0.964. The first-order valence-corrected chi connectivity index (χ1v) is 10.0. The summed E-state index contributed by atoms with van der Waals surface area (Å²) in [5.41, 5.74) is 3.40. The van der Waals surface area contributed by atoms with E-state index in [0.717, 1.165) is 0 Å². The van der Waals surface area contributed by atoms with Crippen LogP contribution in [0.1, 0.15) is 15.9 Å². The molecule has 0 atom stereocenters. The Morgan fingerprint density at radius 1 is 1.09 bits per heavy atom. The van der Waals surface area contributed by atoms with Crippen molar-refractivity contribution in [2.24, 2.45) is 5.10 Å². The van der Waals surface area contributed by atoms with Gasteiger partial charge in [0.05, 0.1) is 30.7 Å². The summed E-state index contributed by atoms with van der Waals surface area (Å²) in [7, 11) is 0. The van der Waals surface area contributed by atoms with Crippen molar-refractivity contribution in [3.8, 4) is 5.75 Å². The molecule has 32 heavy (non-hydrogen) atoms. The molecule has 166 valence electrons. The van der Waals surface area contributed by atoms with Gasteiger partial charge in [0.15, 0.2) is 0 Å². The lowest BCUT2D eigenvalue weighted by Gasteiger charge is -2.27. The Balaban J connectivity index is 1.59. The zero-order valence-corrected chi connectivity index (χ0v) is 17.5. The van der Waals surface area contributed by atoms with Crippen LogP contribution in [-0.2, 0) is 14.3 Å². The van der Waals surface area contributed by atoms with E-state index in [1.165, 1.54) is 6.21 Å². The summed E-state index contributed by atoms with van der Waals surface area (Å²) in [5, 5.41) is 6.28. The lowest BCUT2D eigenvalue weighted by molar-refractivity contribution is -0.136. The molecule has 0 bridgehead atoms. The van der Waals surface area contributed by atoms with Crippen molar-refractivity contribution in [2.45, 2.75) is 0 Å². The van der Waals surface area contributed by atoms with E-state index >= 15 is 0 Å². The highest BCUT2D eigenvalue weighted by Gasteiger charge is 2.22. The number of rotatable bonds is 7. The summed E-state index contributed by atoms with van der Waals surface area (Å²) in [4.78, 5) is 38.9. The smallest absolute Gasteiger partial charge is 0.329 e. The molecule has 1 fully saturated rings. The van der Waals surface area contributed by atoms with Gasteiger partial charge in [0.25, 0.3) is 5.91 Å². The van der Waals surface area contributed by atoms with Crippen LogP contribution in [0.5, 0.6) is 5.75 Å². The third-order valence-electron chi connectivity index (χ3n) is 4.52. The van der Waals surface area contributed by atoms with Gasteiger partial charge in [-0.2, -0.15) is 5.10 Å². The number of anilines is 1. The number of carbonyl (C=O) groups excluding carboxylic acids is 3. The Hall–Kier alpha value is -3.98. The molecule has 9 nitrogen and oxygen atoms in total. The van der Waals surface area contributed by atoms with Crippen LogP contribution in [0.4, 0.5) is 5.69 Å². The fraction of sp³-hybridized carbons (Fsp3) is 0.217. The molecule has 0 radical (unpaired) electrons. The van der Waals surface area contributed by atoms with Crippen molar-refractivity contribution in [3.05, 3.63) is 72.3 Å². The van der Waals surface area contributed by atoms with Gasteiger partial charge in [-0.3, -0.25) is 14.4 Å². The molecular weight excluding hydrogens is 412 g/mol. The summed E-state index contributed by atoms with van der Waals surface area (Å²) in [6.07, 6.45) is 3.02. The number of hydrogen-bond donors (Lipinski definition) is 2. The number of carbonyl (C=O) groups is 3. The van der Waals surface area contributed by atoms with Crippen LogP contribution in [0, 0.1) is 0 Å². The first-order chi connectivity index (χ1) is 15.6. The largest absolute Gasteiger partial charge is 0.490 e. The summed E-state index contributed by atoms with van der Waals surface area (Å²) in [6.45, 7) is 5.82. The third-order valence-corrected chi connectivity index (χ3v) is 4.52. The predicted molar refractivity (Wildman–Crippen MR) is 120 cm³/mol. The standard InChI is InChI=1S/C23H24N4O5/c1-2-12-32-18-7-5-6-17(15-18)16-24-26-22(29)21(28)25-20-9-4-3-8-19(20)23(30)27-10-13-31-14-11-27/h2-9,15-16H,1,10-14H2,(H,25,28)(H,26,29). The number of para-hydroxylation sites is 1. The van der Waals surface area contributed by atoms with E-state index in [4.69, 9.17) is 9.47 Å². The average Bonchev–Trinajstić information content (AvgIpc) is 2.83. The molecule has 1 aliphatic heterocycles. The van der Waals surface area contributed by atoms with Crippen molar-refractivity contribution in [1.82, 2.24) is 10.3 Å². The lowest BCUT2D eigenvalue weighted by atomic mass is 10.1. The van der Waals surface area contributed by atoms with Crippen molar-refractivity contribution >= 4 is 29.6 Å². The molecule has 3 amide bonds. The second-order valence-electron chi connectivity index (χ2n) is 6.78. The third kappa shape index (κ3) is 6.26. The van der Waals surface area contributed by atoms with Gasteiger partial charge in [-0.05, 0) is 29.8 Å². The quantitative estimate of drug-likeness (QED) is 0.298. The number of amides is 3. The fourth-order valence-corrected chi connectivity index (χ4v) is 2.95. The Kier molecular flexibility index (Phi) is 8.10. The zero-order valence-electron chi connectivity index (χ0n) is 17.5. The number of hydrazone groups is 1. The van der Waals surface area contributed by atoms with Crippen LogP contribution < -0.4 is 15.5 Å². The Bertz CT molecular complexity index is 1010. The van der Waals surface area contributed by atoms with Crippen molar-refractivity contribution < 1.29 is 23.9 Å². The second kappa shape index (κ2) is 11.4. The van der Waals surface area contributed by atoms with E-state index in [9.17, 15) is 14.4 Å². The summed E-state index contributed by atoms with van der Waals surface area (Å²) >= 11 is 0. The molecule has 3 rings (SSSR count). The first-order valence-electron chi connectivity index (χ1n) is 10.0. The normalized spacial score (nSPS) is 13.4. The maximum absolute atomic E-state index is 12.8. The van der Waals surface area contributed by atoms with E-state index in [2.05, 4.69) is 22.4 Å². The molecule has 0 aromatic heterocycles. The Morgan fingerprint density at radius 3 is 2.66 bits per heavy atom. The van der Waals surface area contributed by atoms with Crippen molar-refractivity contribution in [2.75, 3.05) is 38.2 Å². The molecule has 1 heterocycles. The lowest BCUT2D eigenvalue weighted by Crippen LogP contribution is -2.41. The highest BCUT2D eigenvalue weighted by Crippen LogP contribution is 2.18. The number of nitrogens with one attached hydrogen (secondary N) is 2. The molecular formula is C23H24N4O5. The molecule has 0 aliphatic carbocycles. The van der Waals surface area contributed by atoms with E-state index in [0.29, 0.717) is 49.8 Å². The molecule has 0 unspecified atom stereocenters. The van der Waals surface area contributed by atoms with Crippen LogP contribution in [0.25, 0.3) is 0 Å². The summed E-state index contributed by atoms with van der Waals surface area (Å²) in [5.74, 6) is -1.51. The molecule has 2 aromatic carbocycles. The monoisotopic (exact) mass is 436 g/mol. The van der Waals surface area contributed by atoms with Crippen LogP contribution in [0.15, 0.2) is 66.3 Å². The van der Waals surface area contributed by atoms with Crippen LogP contribution in [0.2, 0.25) is 0 Å². The number of ether oxygens (including phenoxy) is 2. The van der Waals surface area contributed by atoms with Gasteiger partial charge in [0.1, 0.15) is 12.4 Å². The van der Waals surface area contributed by atoms with E-state index in [1.807, 2.05) is 0 Å². The van der Waals surface area contributed by atoms with Crippen LogP contribution >= 0.6 is 0 Å². The molecule has 0 spiro atoms. The zero-order chi connectivity index (χ0) is 22.8. The Morgan fingerprint density at radius 2 is 1.88 bits per heavy atom. The highest BCUT2D eigenvalue weighted by molar-refractivity contribution is 6.40. The van der Waals surface area contributed by atoms with Gasteiger partial charge in [-0.1, -0.05) is 36.9 Å². The SMILES string of the molecule is C=CCOc1cccc(C=NNC(=O)C(=O)Nc2ccccc2C(=O)N2CCOCC2)c1. The van der Waals surface area contributed by atoms with E-state index in [1.54, 1.807) is 59.5 Å². The first kappa shape index (κ1) is 22.7. The molecule has 1 saturated heterocycles. The second-order valence-corrected chi connectivity index (χ2v) is 6.78. The van der Waals surface area contributed by atoms with Gasteiger partial charge >= 0.3 is 11.8 Å². The molecule has 2 aromatic rings.